The molecule has 0 saturated heterocycles. The summed E-state index contributed by atoms with van der Waals surface area (Å²) in [6.45, 7) is 1.59. The Bertz CT molecular complexity index is 842. The van der Waals surface area contributed by atoms with Gasteiger partial charge in [-0.1, -0.05) is 0 Å². The monoisotopic (exact) mass is 340 g/mol. The third-order valence-corrected chi connectivity index (χ3v) is 4.35. The molecule has 3 rings (SSSR count). The van der Waals surface area contributed by atoms with E-state index >= 15 is 0 Å². The molecule has 2 N–H and O–H groups in total. The molecule has 0 bridgehead atoms. The van der Waals surface area contributed by atoms with E-state index in [4.69, 9.17) is 14.2 Å². The van der Waals surface area contributed by atoms with Crippen LogP contribution in [0.1, 0.15) is 11.1 Å². The summed E-state index contributed by atoms with van der Waals surface area (Å²) in [6, 6.07) is 11.9. The van der Waals surface area contributed by atoms with Crippen LogP contribution >= 0.6 is 0 Å². The highest BCUT2D eigenvalue weighted by atomic mass is 16.5. The molecule has 132 valence electrons. The number of hydrogen-bond donors (Lipinski definition) is 2. The highest BCUT2D eigenvalue weighted by Crippen LogP contribution is 2.25. The van der Waals surface area contributed by atoms with Crippen molar-refractivity contribution < 1.29 is 14.2 Å². The maximum Gasteiger partial charge on any atom is 0.123 e. The molecule has 5 nitrogen and oxygen atoms in total. The molecule has 5 heteroatoms. The first-order valence-electron chi connectivity index (χ1n) is 8.30. The van der Waals surface area contributed by atoms with Gasteiger partial charge in [-0.2, -0.15) is 0 Å². The normalized spacial score (nSPS) is 10.8. The van der Waals surface area contributed by atoms with Crippen molar-refractivity contribution in [3.63, 3.8) is 0 Å². The third kappa shape index (κ3) is 3.88. The second-order valence-electron chi connectivity index (χ2n) is 5.83. The van der Waals surface area contributed by atoms with E-state index < -0.39 is 0 Å². The number of benzene rings is 2. The summed E-state index contributed by atoms with van der Waals surface area (Å²) in [6.07, 6.45) is 3.00. The van der Waals surface area contributed by atoms with Crippen LogP contribution in [0.5, 0.6) is 17.2 Å². The Morgan fingerprint density at radius 1 is 0.880 bits per heavy atom. The first-order chi connectivity index (χ1) is 12.2. The fourth-order valence-corrected chi connectivity index (χ4v) is 2.96. The van der Waals surface area contributed by atoms with Crippen molar-refractivity contribution in [3.8, 4) is 17.2 Å². The van der Waals surface area contributed by atoms with Gasteiger partial charge in [0.2, 0.25) is 0 Å². The topological polar surface area (TPSA) is 55.5 Å². The van der Waals surface area contributed by atoms with Crippen molar-refractivity contribution in [1.82, 2.24) is 10.3 Å². The van der Waals surface area contributed by atoms with E-state index in [9.17, 15) is 0 Å². The van der Waals surface area contributed by atoms with E-state index in [1.807, 2.05) is 30.3 Å². The highest BCUT2D eigenvalue weighted by Gasteiger charge is 2.07. The minimum atomic E-state index is 0.728. The van der Waals surface area contributed by atoms with Gasteiger partial charge in [0.05, 0.1) is 21.3 Å². The van der Waals surface area contributed by atoms with E-state index in [2.05, 4.69) is 22.6 Å². The smallest absolute Gasteiger partial charge is 0.123 e. The molecule has 1 aromatic heterocycles. The van der Waals surface area contributed by atoms with E-state index in [0.717, 1.165) is 47.8 Å². The van der Waals surface area contributed by atoms with Crippen LogP contribution in [0.3, 0.4) is 0 Å². The van der Waals surface area contributed by atoms with Gasteiger partial charge in [0.25, 0.3) is 0 Å². The Morgan fingerprint density at radius 3 is 2.40 bits per heavy atom. The predicted octanol–water partition coefficient (Wildman–Crippen LogP) is 3.53. The maximum absolute atomic E-state index is 5.42. The van der Waals surface area contributed by atoms with Crippen LogP contribution in [0.25, 0.3) is 10.9 Å². The Labute approximate surface area is 147 Å². The van der Waals surface area contributed by atoms with Gasteiger partial charge in [-0.25, -0.2) is 0 Å². The summed E-state index contributed by atoms with van der Waals surface area (Å²) in [5.41, 5.74) is 3.49. The Morgan fingerprint density at radius 2 is 1.64 bits per heavy atom. The summed E-state index contributed by atoms with van der Waals surface area (Å²) < 4.78 is 16.0. The van der Waals surface area contributed by atoms with Gasteiger partial charge in [0.15, 0.2) is 0 Å². The fourth-order valence-electron chi connectivity index (χ4n) is 2.96. The molecule has 25 heavy (non-hydrogen) atoms. The highest BCUT2D eigenvalue weighted by molar-refractivity contribution is 5.84. The summed E-state index contributed by atoms with van der Waals surface area (Å²) in [5.74, 6) is 2.58. The molecule has 0 radical (unpaired) electrons. The molecule has 1 heterocycles. The van der Waals surface area contributed by atoms with Gasteiger partial charge in [0, 0.05) is 29.2 Å². The van der Waals surface area contributed by atoms with Crippen LogP contribution in [0.2, 0.25) is 0 Å². The van der Waals surface area contributed by atoms with Gasteiger partial charge in [-0.05, 0) is 54.9 Å². The van der Waals surface area contributed by atoms with Gasteiger partial charge in [-0.15, -0.1) is 0 Å². The van der Waals surface area contributed by atoms with Gasteiger partial charge in [0.1, 0.15) is 17.2 Å². The Balaban J connectivity index is 1.62. The summed E-state index contributed by atoms with van der Waals surface area (Å²) >= 11 is 0. The van der Waals surface area contributed by atoms with Crippen LogP contribution in [0.4, 0.5) is 0 Å². The largest absolute Gasteiger partial charge is 0.497 e. The molecule has 0 spiro atoms. The molecule has 0 aliphatic heterocycles. The minimum Gasteiger partial charge on any atom is -0.497 e. The molecule has 0 unspecified atom stereocenters. The lowest BCUT2D eigenvalue weighted by Crippen LogP contribution is -2.17. The number of fused-ring (bicyclic) bond motifs is 1. The van der Waals surface area contributed by atoms with Crippen LogP contribution in [-0.2, 0) is 13.0 Å². The van der Waals surface area contributed by atoms with E-state index in [-0.39, 0.29) is 0 Å². The van der Waals surface area contributed by atoms with Crippen molar-refractivity contribution >= 4 is 10.9 Å². The van der Waals surface area contributed by atoms with Crippen LogP contribution in [-0.4, -0.2) is 32.9 Å². The molecule has 0 saturated carbocycles. The van der Waals surface area contributed by atoms with E-state index in [1.54, 1.807) is 21.3 Å². The lowest BCUT2D eigenvalue weighted by Gasteiger charge is -2.11. The second kappa shape index (κ2) is 7.94. The summed E-state index contributed by atoms with van der Waals surface area (Å²) in [5, 5.41) is 4.69. The maximum atomic E-state index is 5.42. The molecule has 0 fully saturated rings. The number of ether oxygens (including phenoxy) is 3. The zero-order valence-electron chi connectivity index (χ0n) is 14.9. The first-order valence-corrected chi connectivity index (χ1v) is 8.30. The molecular formula is C20H24N2O3. The molecule has 0 atom stereocenters. The van der Waals surface area contributed by atoms with Crippen LogP contribution in [0, 0.1) is 0 Å². The lowest BCUT2D eigenvalue weighted by atomic mass is 10.1. The number of nitrogens with one attached hydrogen (secondary N) is 2. The summed E-state index contributed by atoms with van der Waals surface area (Å²) in [7, 11) is 5.05. The standard InChI is InChI=1S/C20H24N2O3/c1-23-16-5-7-20(25-3)15(10-16)12-21-9-8-14-13-22-19-6-4-17(24-2)11-18(14)19/h4-7,10-11,13,21-22H,8-9,12H2,1-3H3. The average Bonchev–Trinajstić information content (AvgIpc) is 3.07. The number of aromatic nitrogens is 1. The minimum absolute atomic E-state index is 0.728. The average molecular weight is 340 g/mol. The molecule has 0 amide bonds. The first kappa shape index (κ1) is 17.2. The number of aromatic amines is 1. The van der Waals surface area contributed by atoms with Crippen molar-refractivity contribution in [2.24, 2.45) is 0 Å². The molecule has 3 aromatic rings. The van der Waals surface area contributed by atoms with Crippen molar-refractivity contribution in [3.05, 3.63) is 53.7 Å². The SMILES string of the molecule is COc1ccc(OC)c(CNCCc2c[nH]c3ccc(OC)cc23)c1. The number of rotatable bonds is 8. The van der Waals surface area contributed by atoms with Crippen molar-refractivity contribution in [1.29, 1.82) is 0 Å². The van der Waals surface area contributed by atoms with Crippen LogP contribution in [0.15, 0.2) is 42.6 Å². The van der Waals surface area contributed by atoms with Gasteiger partial charge in [-0.3, -0.25) is 0 Å². The number of methoxy groups -OCH3 is 3. The van der Waals surface area contributed by atoms with Crippen molar-refractivity contribution in [2.45, 2.75) is 13.0 Å². The molecule has 0 aliphatic rings. The lowest BCUT2D eigenvalue weighted by molar-refractivity contribution is 0.397. The van der Waals surface area contributed by atoms with Gasteiger partial charge >= 0.3 is 0 Å². The van der Waals surface area contributed by atoms with E-state index in [1.165, 1.54) is 10.9 Å². The predicted molar refractivity (Wildman–Crippen MR) is 99.8 cm³/mol. The van der Waals surface area contributed by atoms with Crippen molar-refractivity contribution in [2.75, 3.05) is 27.9 Å². The zero-order valence-corrected chi connectivity index (χ0v) is 14.9. The van der Waals surface area contributed by atoms with E-state index in [0.29, 0.717) is 0 Å². The Kier molecular flexibility index (Phi) is 5.46. The molecule has 0 aliphatic carbocycles. The Hall–Kier alpha value is -2.66. The third-order valence-electron chi connectivity index (χ3n) is 4.35. The number of hydrogen-bond acceptors (Lipinski definition) is 4. The fraction of sp³-hybridized carbons (Fsp3) is 0.300. The zero-order chi connectivity index (χ0) is 17.6. The number of H-pyrrole nitrogens is 1. The van der Waals surface area contributed by atoms with Crippen LogP contribution < -0.4 is 19.5 Å². The summed E-state index contributed by atoms with van der Waals surface area (Å²) in [4.78, 5) is 3.31. The quantitative estimate of drug-likeness (QED) is 0.616. The molecule has 2 aromatic carbocycles. The second-order valence-corrected chi connectivity index (χ2v) is 5.83. The van der Waals surface area contributed by atoms with Gasteiger partial charge < -0.3 is 24.5 Å². The molecular weight excluding hydrogens is 316 g/mol.